The van der Waals surface area contributed by atoms with Crippen LogP contribution in [0.15, 0.2) is 60.8 Å². The number of nitrogens with one attached hydrogen (secondary N) is 2. The molecule has 0 radical (unpaired) electrons. The molecule has 3 aromatic rings. The van der Waals surface area contributed by atoms with E-state index in [0.717, 1.165) is 64.1 Å². The average Bonchev–Trinajstić information content (AvgIpc) is 2.89. The summed E-state index contributed by atoms with van der Waals surface area (Å²) in [6, 6.07) is 19.5. The molecule has 0 saturated carbocycles. The van der Waals surface area contributed by atoms with Crippen molar-refractivity contribution in [2.45, 2.75) is 59.9 Å². The standard InChI is InChI=1S/C30H42N4.2ClH.Ni/c1-5-24-13-11-14-25(6-2)29(24)32-19-21-34(23-28-17-9-10-18-31-28)22-20-33-30-26(7-3)15-12-16-27(30)8-4;;;/h9-18,32-33H,5-8,19-23H2,1-4H3;2*1H;/q;;;+2/p-2. The van der Waals surface area contributed by atoms with E-state index in [4.69, 9.17) is 0 Å². The Morgan fingerprint density at radius 3 is 1.41 bits per heavy atom. The van der Waals surface area contributed by atoms with Crippen molar-refractivity contribution in [3.05, 3.63) is 88.7 Å². The number of aryl methyl sites for hydroxylation is 4. The molecule has 2 N–H and O–H groups in total. The molecule has 3 rings (SSSR count). The zero-order valence-corrected chi connectivity index (χ0v) is 25.1. The van der Waals surface area contributed by atoms with Gasteiger partial charge in [0.2, 0.25) is 0 Å². The van der Waals surface area contributed by atoms with Crippen LogP contribution < -0.4 is 35.4 Å². The van der Waals surface area contributed by atoms with E-state index >= 15 is 0 Å². The molecule has 0 aliphatic heterocycles. The maximum atomic E-state index is 4.58. The first-order chi connectivity index (χ1) is 16.7. The van der Waals surface area contributed by atoms with E-state index in [1.165, 1.54) is 33.6 Å². The fraction of sp³-hybridized carbons (Fsp3) is 0.433. The van der Waals surface area contributed by atoms with Crippen LogP contribution in [0.25, 0.3) is 0 Å². The molecule has 1 heterocycles. The second kappa shape index (κ2) is 19.3. The Labute approximate surface area is 247 Å². The zero-order chi connectivity index (χ0) is 24.2. The minimum Gasteiger partial charge on any atom is -1.00 e. The molecule has 0 spiro atoms. The summed E-state index contributed by atoms with van der Waals surface area (Å²) in [7, 11) is 0. The third-order valence-corrected chi connectivity index (χ3v) is 6.57. The van der Waals surface area contributed by atoms with Crippen LogP contribution in [0.4, 0.5) is 11.4 Å². The van der Waals surface area contributed by atoms with Gasteiger partial charge in [0.05, 0.1) is 5.69 Å². The molecule has 0 aliphatic carbocycles. The zero-order valence-electron chi connectivity index (χ0n) is 22.6. The van der Waals surface area contributed by atoms with Gasteiger partial charge in [0.25, 0.3) is 0 Å². The number of pyridine rings is 1. The molecule has 2 aromatic carbocycles. The summed E-state index contributed by atoms with van der Waals surface area (Å²) in [5.74, 6) is 0. The molecule has 0 bridgehead atoms. The summed E-state index contributed by atoms with van der Waals surface area (Å²) < 4.78 is 0. The second-order valence-electron chi connectivity index (χ2n) is 8.77. The van der Waals surface area contributed by atoms with Gasteiger partial charge in [0.1, 0.15) is 0 Å². The van der Waals surface area contributed by atoms with Gasteiger partial charge in [0.15, 0.2) is 0 Å². The number of nitrogens with zero attached hydrogens (tertiary/aromatic N) is 2. The molecule has 0 amide bonds. The Kier molecular flexibility index (Phi) is 18.4. The minimum absolute atomic E-state index is 0. The Balaban J connectivity index is 0.00000432. The summed E-state index contributed by atoms with van der Waals surface area (Å²) in [6.07, 6.45) is 6.09. The van der Waals surface area contributed by atoms with Crippen LogP contribution in [0, 0.1) is 0 Å². The van der Waals surface area contributed by atoms with Gasteiger partial charge in [-0.1, -0.05) is 70.2 Å². The van der Waals surface area contributed by atoms with Crippen LogP contribution >= 0.6 is 0 Å². The first kappa shape index (κ1) is 35.2. The van der Waals surface area contributed by atoms with Gasteiger partial charge < -0.3 is 35.4 Å². The normalized spacial score (nSPS) is 10.2. The number of halogens is 2. The van der Waals surface area contributed by atoms with E-state index in [0.29, 0.717) is 0 Å². The molecule has 0 unspecified atom stereocenters. The largest absolute Gasteiger partial charge is 2.00 e. The van der Waals surface area contributed by atoms with Crippen molar-refractivity contribution in [2.75, 3.05) is 36.8 Å². The average molecular weight is 588 g/mol. The minimum atomic E-state index is 0. The molecular weight excluding hydrogens is 546 g/mol. The van der Waals surface area contributed by atoms with Crippen LogP contribution in [0.2, 0.25) is 0 Å². The molecular formula is C30H42Cl2N4Ni. The summed E-state index contributed by atoms with van der Waals surface area (Å²) >= 11 is 0. The second-order valence-corrected chi connectivity index (χ2v) is 8.77. The van der Waals surface area contributed by atoms with Crippen molar-refractivity contribution in [3.8, 4) is 0 Å². The first-order valence-corrected chi connectivity index (χ1v) is 13.0. The number of benzene rings is 2. The number of para-hydroxylation sites is 2. The predicted octanol–water partition coefficient (Wildman–Crippen LogP) is 0.363. The van der Waals surface area contributed by atoms with Gasteiger partial charge in [-0.05, 0) is 60.1 Å². The molecule has 37 heavy (non-hydrogen) atoms. The molecule has 1 aromatic heterocycles. The number of rotatable bonds is 14. The molecule has 7 heteroatoms. The Morgan fingerprint density at radius 2 is 1.05 bits per heavy atom. The van der Waals surface area contributed by atoms with Gasteiger partial charge in [-0.2, -0.15) is 0 Å². The van der Waals surface area contributed by atoms with Gasteiger partial charge in [0, 0.05) is 50.3 Å². The van der Waals surface area contributed by atoms with E-state index in [-0.39, 0.29) is 41.3 Å². The van der Waals surface area contributed by atoms with Gasteiger partial charge >= 0.3 is 16.5 Å². The van der Waals surface area contributed by atoms with Crippen LogP contribution in [0.5, 0.6) is 0 Å². The molecule has 0 fully saturated rings. The SMILES string of the molecule is CCc1cccc(CC)c1NCCN(CCNc1c(CC)cccc1CC)Cc1ccccn1.[Cl-].[Cl-].[Ni+2]. The number of hydrogen-bond acceptors (Lipinski definition) is 4. The van der Waals surface area contributed by atoms with Crippen LogP contribution in [-0.2, 0) is 48.7 Å². The summed E-state index contributed by atoms with van der Waals surface area (Å²) in [4.78, 5) is 7.08. The van der Waals surface area contributed by atoms with Crippen LogP contribution in [0.1, 0.15) is 55.6 Å². The Hall–Kier alpha value is -1.78. The van der Waals surface area contributed by atoms with Crippen molar-refractivity contribution < 1.29 is 41.3 Å². The number of anilines is 2. The van der Waals surface area contributed by atoms with Crippen molar-refractivity contribution in [2.24, 2.45) is 0 Å². The summed E-state index contributed by atoms with van der Waals surface area (Å²) in [6.45, 7) is 13.6. The molecule has 0 atom stereocenters. The molecule has 206 valence electrons. The Morgan fingerprint density at radius 1 is 0.622 bits per heavy atom. The van der Waals surface area contributed by atoms with Crippen LogP contribution in [0.3, 0.4) is 0 Å². The van der Waals surface area contributed by atoms with Crippen LogP contribution in [-0.4, -0.2) is 36.1 Å². The van der Waals surface area contributed by atoms with Gasteiger partial charge in [-0.3, -0.25) is 9.88 Å². The third-order valence-electron chi connectivity index (χ3n) is 6.57. The van der Waals surface area contributed by atoms with Crippen molar-refractivity contribution in [3.63, 3.8) is 0 Å². The molecule has 4 nitrogen and oxygen atoms in total. The van der Waals surface area contributed by atoms with Crippen molar-refractivity contribution in [1.82, 2.24) is 9.88 Å². The maximum Gasteiger partial charge on any atom is 2.00 e. The maximum absolute atomic E-state index is 4.58. The van der Waals surface area contributed by atoms with Crippen molar-refractivity contribution >= 4 is 11.4 Å². The quantitative estimate of drug-likeness (QED) is 0.267. The van der Waals surface area contributed by atoms with Crippen molar-refractivity contribution in [1.29, 1.82) is 0 Å². The summed E-state index contributed by atoms with van der Waals surface area (Å²) in [5.41, 5.74) is 9.39. The van der Waals surface area contributed by atoms with E-state index in [1.807, 2.05) is 12.3 Å². The fourth-order valence-corrected chi connectivity index (χ4v) is 4.61. The Bertz CT molecular complexity index is 912. The monoisotopic (exact) mass is 586 g/mol. The number of aromatic nitrogens is 1. The molecule has 0 aliphatic rings. The molecule has 0 saturated heterocycles. The predicted molar refractivity (Wildman–Crippen MR) is 147 cm³/mol. The van der Waals surface area contributed by atoms with Gasteiger partial charge in [-0.15, -0.1) is 0 Å². The van der Waals surface area contributed by atoms with E-state index < -0.39 is 0 Å². The topological polar surface area (TPSA) is 40.2 Å². The van der Waals surface area contributed by atoms with Gasteiger partial charge in [-0.25, -0.2) is 0 Å². The van der Waals surface area contributed by atoms with E-state index in [9.17, 15) is 0 Å². The van der Waals surface area contributed by atoms with E-state index in [1.54, 1.807) is 0 Å². The smallest absolute Gasteiger partial charge is 1.00 e. The fourth-order valence-electron chi connectivity index (χ4n) is 4.61. The third kappa shape index (κ3) is 10.5. The number of hydrogen-bond donors (Lipinski definition) is 2. The summed E-state index contributed by atoms with van der Waals surface area (Å²) in [5, 5.41) is 7.52. The first-order valence-electron chi connectivity index (χ1n) is 13.0. The van der Waals surface area contributed by atoms with E-state index in [2.05, 4.69) is 96.7 Å².